The minimum absolute atomic E-state index is 0.920. The first-order chi connectivity index (χ1) is 13.2. The molecule has 0 N–H and O–H groups in total. The third-order valence-corrected chi connectivity index (χ3v) is 5.16. The largest absolute Gasteiger partial charge is 0.455 e. The second kappa shape index (κ2) is 6.03. The molecule has 0 saturated carbocycles. The Labute approximate surface area is 158 Å². The van der Waals surface area contributed by atoms with Gasteiger partial charge in [0.05, 0.1) is 0 Å². The van der Waals surface area contributed by atoms with Gasteiger partial charge in [-0.1, -0.05) is 61.2 Å². The van der Waals surface area contributed by atoms with Crippen molar-refractivity contribution in [2.45, 2.75) is 0 Å². The first-order valence-corrected chi connectivity index (χ1v) is 9.04. The average Bonchev–Trinajstić information content (AvgIpc) is 3.08. The van der Waals surface area contributed by atoms with Gasteiger partial charge in [-0.3, -0.25) is 0 Å². The predicted octanol–water partition coefficient (Wildman–Crippen LogP) is 6.79. The molecule has 2 heterocycles. The fourth-order valence-corrected chi connectivity index (χ4v) is 3.76. The topological polar surface area (TPSA) is 16.4 Å². The number of furan rings is 1. The van der Waals surface area contributed by atoms with Crippen LogP contribution in [0.25, 0.3) is 38.6 Å². The van der Waals surface area contributed by atoms with Gasteiger partial charge in [-0.05, 0) is 35.4 Å². The molecule has 27 heavy (non-hydrogen) atoms. The summed E-state index contributed by atoms with van der Waals surface area (Å²) in [6.45, 7) is 4.25. The monoisotopic (exact) mass is 349 g/mol. The molecule has 0 radical (unpaired) electrons. The normalized spacial score (nSPS) is 16.2. The van der Waals surface area contributed by atoms with Crippen molar-refractivity contribution in [3.8, 4) is 11.1 Å². The van der Waals surface area contributed by atoms with Gasteiger partial charge in [-0.25, -0.2) is 0 Å². The number of hydrogen-bond acceptors (Lipinski definition) is 2. The Morgan fingerprint density at radius 1 is 0.852 bits per heavy atom. The van der Waals surface area contributed by atoms with Crippen LogP contribution < -0.4 is 4.90 Å². The number of hydrogen-bond donors (Lipinski definition) is 0. The number of fused-ring (bicyclic) bond motifs is 4. The standard InChI is InChI=1S/C25H19NO/c1-17-8-5-6-15-26(2)23-14-13-18(16-22(17)23)19-10-7-11-21-20-9-3-4-12-24(20)27-25(19)21/h3-16H,1H2,2H3/b8-5-,15-6-. The van der Waals surface area contributed by atoms with Gasteiger partial charge in [-0.15, -0.1) is 0 Å². The first kappa shape index (κ1) is 15.7. The Hall–Kier alpha value is -3.52. The fraction of sp³-hybridized carbons (Fsp3) is 0.0400. The molecule has 0 atom stereocenters. The van der Waals surface area contributed by atoms with Crippen LogP contribution in [0.1, 0.15) is 5.56 Å². The zero-order valence-electron chi connectivity index (χ0n) is 15.1. The van der Waals surface area contributed by atoms with Crippen LogP contribution in [-0.4, -0.2) is 7.05 Å². The molecule has 0 amide bonds. The zero-order valence-corrected chi connectivity index (χ0v) is 15.1. The molecule has 2 nitrogen and oxygen atoms in total. The molecule has 0 fully saturated rings. The smallest absolute Gasteiger partial charge is 0.143 e. The van der Waals surface area contributed by atoms with E-state index in [2.05, 4.69) is 73.3 Å². The molecule has 0 bridgehead atoms. The number of benzene rings is 3. The number of para-hydroxylation sites is 2. The van der Waals surface area contributed by atoms with E-state index in [9.17, 15) is 0 Å². The summed E-state index contributed by atoms with van der Waals surface area (Å²) < 4.78 is 6.22. The van der Waals surface area contributed by atoms with Crippen LogP contribution in [0, 0.1) is 0 Å². The molecule has 1 aromatic heterocycles. The highest BCUT2D eigenvalue weighted by Gasteiger charge is 2.15. The first-order valence-electron chi connectivity index (χ1n) is 9.04. The number of rotatable bonds is 1. The maximum Gasteiger partial charge on any atom is 0.143 e. The van der Waals surface area contributed by atoms with Gasteiger partial charge in [0.15, 0.2) is 0 Å². The Balaban J connectivity index is 1.75. The van der Waals surface area contributed by atoms with Gasteiger partial charge in [0.1, 0.15) is 11.2 Å². The Kier molecular flexibility index (Phi) is 3.51. The molecule has 4 aromatic rings. The van der Waals surface area contributed by atoms with Gasteiger partial charge in [0, 0.05) is 40.8 Å². The molecular weight excluding hydrogens is 330 g/mol. The van der Waals surface area contributed by atoms with Crippen molar-refractivity contribution in [1.82, 2.24) is 0 Å². The molecule has 130 valence electrons. The maximum absolute atomic E-state index is 6.22. The van der Waals surface area contributed by atoms with E-state index in [0.29, 0.717) is 0 Å². The molecule has 2 heteroatoms. The minimum atomic E-state index is 0.920. The average molecular weight is 349 g/mol. The lowest BCUT2D eigenvalue weighted by Crippen LogP contribution is -2.10. The van der Waals surface area contributed by atoms with Gasteiger partial charge in [0.25, 0.3) is 0 Å². The summed E-state index contributed by atoms with van der Waals surface area (Å²) in [5.74, 6) is 0. The minimum Gasteiger partial charge on any atom is -0.455 e. The molecule has 0 aliphatic carbocycles. The van der Waals surface area contributed by atoms with Crippen molar-refractivity contribution in [1.29, 1.82) is 0 Å². The summed E-state index contributed by atoms with van der Waals surface area (Å²) in [6.07, 6.45) is 8.15. The quantitative estimate of drug-likeness (QED) is 0.376. The Morgan fingerprint density at radius 3 is 2.63 bits per heavy atom. The lowest BCUT2D eigenvalue weighted by atomic mass is 9.95. The van der Waals surface area contributed by atoms with Crippen molar-refractivity contribution in [2.24, 2.45) is 0 Å². The third kappa shape index (κ3) is 2.49. The number of anilines is 1. The van der Waals surface area contributed by atoms with Crippen LogP contribution in [0.4, 0.5) is 5.69 Å². The lowest BCUT2D eigenvalue weighted by Gasteiger charge is -2.21. The molecule has 0 unspecified atom stereocenters. The van der Waals surface area contributed by atoms with Crippen LogP contribution in [0.5, 0.6) is 0 Å². The van der Waals surface area contributed by atoms with Crippen molar-refractivity contribution >= 4 is 33.2 Å². The molecule has 0 spiro atoms. The van der Waals surface area contributed by atoms with E-state index in [1.165, 1.54) is 0 Å². The maximum atomic E-state index is 6.22. The van der Waals surface area contributed by atoms with E-state index >= 15 is 0 Å². The molecular formula is C25H19NO. The number of allylic oxidation sites excluding steroid dienone is 4. The van der Waals surface area contributed by atoms with E-state index in [0.717, 1.165) is 49.9 Å². The van der Waals surface area contributed by atoms with E-state index in [1.54, 1.807) is 0 Å². The molecule has 0 saturated heterocycles. The van der Waals surface area contributed by atoms with E-state index in [4.69, 9.17) is 4.42 Å². The van der Waals surface area contributed by atoms with Gasteiger partial charge in [-0.2, -0.15) is 0 Å². The fourth-order valence-electron chi connectivity index (χ4n) is 3.76. The van der Waals surface area contributed by atoms with Gasteiger partial charge < -0.3 is 9.32 Å². The van der Waals surface area contributed by atoms with Gasteiger partial charge in [0.2, 0.25) is 0 Å². The van der Waals surface area contributed by atoms with Crippen molar-refractivity contribution in [3.05, 3.63) is 97.2 Å². The second-order valence-electron chi connectivity index (χ2n) is 6.85. The molecule has 3 aromatic carbocycles. The summed E-state index contributed by atoms with van der Waals surface area (Å²) in [5, 5.41) is 2.30. The van der Waals surface area contributed by atoms with Crippen LogP contribution in [0.15, 0.2) is 96.1 Å². The number of nitrogens with zero attached hydrogens (tertiary/aromatic N) is 1. The van der Waals surface area contributed by atoms with Gasteiger partial charge >= 0.3 is 0 Å². The van der Waals surface area contributed by atoms with Crippen LogP contribution in [-0.2, 0) is 0 Å². The van der Waals surface area contributed by atoms with Crippen molar-refractivity contribution in [3.63, 3.8) is 0 Å². The van der Waals surface area contributed by atoms with E-state index < -0.39 is 0 Å². The lowest BCUT2D eigenvalue weighted by molar-refractivity contribution is 0.670. The molecule has 1 aliphatic heterocycles. The van der Waals surface area contributed by atoms with Crippen molar-refractivity contribution in [2.75, 3.05) is 11.9 Å². The van der Waals surface area contributed by atoms with Crippen LogP contribution in [0.2, 0.25) is 0 Å². The van der Waals surface area contributed by atoms with Crippen LogP contribution >= 0.6 is 0 Å². The zero-order chi connectivity index (χ0) is 18.4. The molecule has 1 aliphatic rings. The summed E-state index contributed by atoms with van der Waals surface area (Å²) in [4.78, 5) is 2.12. The highest BCUT2D eigenvalue weighted by atomic mass is 16.3. The second-order valence-corrected chi connectivity index (χ2v) is 6.85. The SMILES string of the molecule is C=C1/C=C\C=C/N(C)c2ccc(-c3cccc4c3oc3ccccc34)cc21. The summed E-state index contributed by atoms with van der Waals surface area (Å²) in [7, 11) is 2.06. The highest BCUT2D eigenvalue weighted by Crippen LogP contribution is 2.38. The summed E-state index contributed by atoms with van der Waals surface area (Å²) >= 11 is 0. The Bertz CT molecular complexity index is 1260. The van der Waals surface area contributed by atoms with E-state index in [1.807, 2.05) is 30.4 Å². The van der Waals surface area contributed by atoms with Crippen molar-refractivity contribution < 1.29 is 4.42 Å². The third-order valence-electron chi connectivity index (χ3n) is 5.16. The van der Waals surface area contributed by atoms with Crippen LogP contribution in [0.3, 0.4) is 0 Å². The predicted molar refractivity (Wildman–Crippen MR) is 115 cm³/mol. The molecule has 5 rings (SSSR count). The summed E-state index contributed by atoms with van der Waals surface area (Å²) in [6, 6.07) is 21.1. The Morgan fingerprint density at radius 2 is 1.70 bits per heavy atom. The van der Waals surface area contributed by atoms with E-state index in [-0.39, 0.29) is 0 Å². The highest BCUT2D eigenvalue weighted by molar-refractivity contribution is 6.09. The summed E-state index contributed by atoms with van der Waals surface area (Å²) in [5.41, 5.74) is 7.35.